The number of H-pyrrole nitrogens is 2. The van der Waals surface area contributed by atoms with Gasteiger partial charge in [0, 0.05) is 39.1 Å². The number of benzene rings is 2. The number of aromatic nitrogens is 3. The van der Waals surface area contributed by atoms with Crippen LogP contribution in [0.15, 0.2) is 64.9 Å². The number of ether oxygens (including phenoxy) is 1. The van der Waals surface area contributed by atoms with Gasteiger partial charge in [-0.3, -0.25) is 4.79 Å². The lowest BCUT2D eigenvalue weighted by atomic mass is 10.0. The van der Waals surface area contributed by atoms with Crippen molar-refractivity contribution in [1.29, 1.82) is 0 Å². The number of thiazole rings is 1. The molecule has 7 nitrogen and oxygen atoms in total. The Kier molecular flexibility index (Phi) is 4.76. The molecule has 3 N–H and O–H groups in total. The van der Waals surface area contributed by atoms with Crippen molar-refractivity contribution < 1.29 is 9.53 Å². The molecule has 0 radical (unpaired) electrons. The zero-order chi connectivity index (χ0) is 21.4. The maximum Gasteiger partial charge on any atom is 0.340 e. The van der Waals surface area contributed by atoms with Crippen LogP contribution in [0, 0.1) is 0 Å². The first-order valence-corrected chi connectivity index (χ1v) is 10.6. The molecular formula is C23H18N4O3S. The van der Waals surface area contributed by atoms with Crippen LogP contribution >= 0.6 is 11.3 Å². The van der Waals surface area contributed by atoms with E-state index in [4.69, 9.17) is 9.72 Å². The van der Waals surface area contributed by atoms with E-state index in [0.29, 0.717) is 22.0 Å². The fourth-order valence-corrected chi connectivity index (χ4v) is 4.30. The van der Waals surface area contributed by atoms with Crippen molar-refractivity contribution in [3.05, 3.63) is 76.0 Å². The lowest BCUT2D eigenvalue weighted by Gasteiger charge is -2.06. The SMILES string of the molecule is CCOC(=O)c1c[nH]c2c(=O)[nH]c3ccc(-c4csc(Nc5ccccc5)n4)cc3c12. The van der Waals surface area contributed by atoms with Gasteiger partial charge in [0.1, 0.15) is 5.52 Å². The summed E-state index contributed by atoms with van der Waals surface area (Å²) in [5.74, 6) is -0.464. The second kappa shape index (κ2) is 7.73. The number of fused-ring (bicyclic) bond motifs is 3. The highest BCUT2D eigenvalue weighted by Gasteiger charge is 2.18. The van der Waals surface area contributed by atoms with E-state index in [9.17, 15) is 9.59 Å². The third-order valence-electron chi connectivity index (χ3n) is 4.96. The number of anilines is 2. The van der Waals surface area contributed by atoms with Crippen LogP contribution in [-0.4, -0.2) is 27.5 Å². The molecule has 3 heterocycles. The van der Waals surface area contributed by atoms with Crippen LogP contribution in [0.2, 0.25) is 0 Å². The molecule has 0 fully saturated rings. The van der Waals surface area contributed by atoms with E-state index in [1.807, 2.05) is 53.9 Å². The van der Waals surface area contributed by atoms with Crippen LogP contribution in [0.3, 0.4) is 0 Å². The van der Waals surface area contributed by atoms with Crippen LogP contribution in [0.4, 0.5) is 10.8 Å². The first-order chi connectivity index (χ1) is 15.1. The first kappa shape index (κ1) is 19.1. The monoisotopic (exact) mass is 430 g/mol. The van der Waals surface area contributed by atoms with Crippen molar-refractivity contribution in [1.82, 2.24) is 15.0 Å². The number of nitrogens with one attached hydrogen (secondary N) is 3. The summed E-state index contributed by atoms with van der Waals surface area (Å²) in [6.45, 7) is 2.01. The molecule has 0 saturated carbocycles. The lowest BCUT2D eigenvalue weighted by molar-refractivity contribution is 0.0529. The minimum absolute atomic E-state index is 0.258. The normalized spacial score (nSPS) is 11.1. The predicted octanol–water partition coefficient (Wildman–Crippen LogP) is 5.05. The van der Waals surface area contributed by atoms with Gasteiger partial charge >= 0.3 is 5.97 Å². The summed E-state index contributed by atoms with van der Waals surface area (Å²) in [5, 5.41) is 7.35. The van der Waals surface area contributed by atoms with Crippen LogP contribution < -0.4 is 10.9 Å². The molecule has 0 aliphatic carbocycles. The van der Waals surface area contributed by atoms with Crippen molar-refractivity contribution in [3.8, 4) is 11.3 Å². The van der Waals surface area contributed by atoms with Gasteiger partial charge in [0.05, 0.1) is 17.9 Å². The fourth-order valence-electron chi connectivity index (χ4n) is 3.56. The van der Waals surface area contributed by atoms with Crippen LogP contribution in [0.1, 0.15) is 17.3 Å². The molecule has 31 heavy (non-hydrogen) atoms. The second-order valence-corrected chi connectivity index (χ2v) is 7.77. The van der Waals surface area contributed by atoms with Crippen molar-refractivity contribution in [2.75, 3.05) is 11.9 Å². The fraction of sp³-hybridized carbons (Fsp3) is 0.0870. The van der Waals surface area contributed by atoms with E-state index < -0.39 is 5.97 Å². The predicted molar refractivity (Wildman–Crippen MR) is 123 cm³/mol. The topological polar surface area (TPSA) is 99.9 Å². The Hall–Kier alpha value is -3.91. The van der Waals surface area contributed by atoms with E-state index in [0.717, 1.165) is 27.5 Å². The second-order valence-electron chi connectivity index (χ2n) is 6.92. The molecule has 0 spiro atoms. The average Bonchev–Trinajstić information content (AvgIpc) is 3.43. The van der Waals surface area contributed by atoms with Crippen LogP contribution in [0.25, 0.3) is 33.1 Å². The molecular weight excluding hydrogens is 412 g/mol. The quantitative estimate of drug-likeness (QED) is 0.339. The first-order valence-electron chi connectivity index (χ1n) is 9.76. The highest BCUT2D eigenvalue weighted by Crippen LogP contribution is 2.32. The Morgan fingerprint density at radius 3 is 2.84 bits per heavy atom. The number of carbonyl (C=O) groups excluding carboxylic acids is 1. The zero-order valence-electron chi connectivity index (χ0n) is 16.6. The molecule has 3 aromatic heterocycles. The maximum atomic E-state index is 12.5. The molecule has 2 aromatic carbocycles. The number of aromatic amines is 2. The van der Waals surface area contributed by atoms with E-state index in [-0.39, 0.29) is 12.2 Å². The number of hydrogen-bond donors (Lipinski definition) is 3. The highest BCUT2D eigenvalue weighted by molar-refractivity contribution is 7.14. The largest absolute Gasteiger partial charge is 0.462 e. The molecule has 0 unspecified atom stereocenters. The van der Waals surface area contributed by atoms with Gasteiger partial charge < -0.3 is 20.0 Å². The number of esters is 1. The molecule has 0 aliphatic rings. The molecule has 8 heteroatoms. The number of para-hydroxylation sites is 1. The Morgan fingerprint density at radius 2 is 2.03 bits per heavy atom. The maximum absolute atomic E-state index is 12.5. The third kappa shape index (κ3) is 3.47. The molecule has 154 valence electrons. The molecule has 0 atom stereocenters. The Morgan fingerprint density at radius 1 is 1.19 bits per heavy atom. The summed E-state index contributed by atoms with van der Waals surface area (Å²) in [7, 11) is 0. The van der Waals surface area contributed by atoms with Crippen molar-refractivity contribution >= 4 is 49.9 Å². The summed E-state index contributed by atoms with van der Waals surface area (Å²) in [6.07, 6.45) is 1.52. The minimum Gasteiger partial charge on any atom is -0.462 e. The Bertz CT molecular complexity index is 1470. The van der Waals surface area contributed by atoms with Crippen molar-refractivity contribution in [2.45, 2.75) is 6.92 Å². The summed E-state index contributed by atoms with van der Waals surface area (Å²) in [6, 6.07) is 15.5. The Labute approximate surface area is 180 Å². The lowest BCUT2D eigenvalue weighted by Crippen LogP contribution is -2.08. The van der Waals surface area contributed by atoms with Gasteiger partial charge in [-0.1, -0.05) is 24.3 Å². The number of carbonyl (C=O) groups is 1. The minimum atomic E-state index is -0.464. The van der Waals surface area contributed by atoms with Crippen LogP contribution in [-0.2, 0) is 4.74 Å². The third-order valence-corrected chi connectivity index (χ3v) is 5.72. The van der Waals surface area contributed by atoms with Gasteiger partial charge in [0.25, 0.3) is 5.56 Å². The summed E-state index contributed by atoms with van der Waals surface area (Å²) in [5.41, 5.74) is 3.70. The van der Waals surface area contributed by atoms with Gasteiger partial charge in [-0.2, -0.15) is 0 Å². The smallest absolute Gasteiger partial charge is 0.340 e. The highest BCUT2D eigenvalue weighted by atomic mass is 32.1. The van der Waals surface area contributed by atoms with E-state index in [2.05, 4.69) is 15.3 Å². The van der Waals surface area contributed by atoms with Gasteiger partial charge in [0.15, 0.2) is 5.13 Å². The van der Waals surface area contributed by atoms with E-state index >= 15 is 0 Å². The van der Waals surface area contributed by atoms with Crippen molar-refractivity contribution in [2.24, 2.45) is 0 Å². The van der Waals surface area contributed by atoms with Gasteiger partial charge in [-0.15, -0.1) is 11.3 Å². The number of nitrogens with zero attached hydrogens (tertiary/aromatic N) is 1. The van der Waals surface area contributed by atoms with Crippen LogP contribution in [0.5, 0.6) is 0 Å². The number of rotatable bonds is 5. The molecule has 0 bridgehead atoms. The van der Waals surface area contributed by atoms with E-state index in [1.54, 1.807) is 6.92 Å². The van der Waals surface area contributed by atoms with Gasteiger partial charge in [-0.05, 0) is 31.2 Å². The molecule has 5 rings (SSSR count). The number of hydrogen-bond acceptors (Lipinski definition) is 6. The van der Waals surface area contributed by atoms with Gasteiger partial charge in [0.2, 0.25) is 0 Å². The molecule has 0 amide bonds. The van der Waals surface area contributed by atoms with E-state index in [1.165, 1.54) is 17.5 Å². The molecule has 5 aromatic rings. The van der Waals surface area contributed by atoms with Gasteiger partial charge in [-0.25, -0.2) is 9.78 Å². The summed E-state index contributed by atoms with van der Waals surface area (Å²) >= 11 is 1.51. The average molecular weight is 430 g/mol. The number of pyridine rings is 1. The standard InChI is InChI=1S/C23H18N4O3S/c1-2-30-22(29)16-11-24-20-19(16)15-10-13(8-9-17(15)26-21(20)28)18-12-31-23(27-18)25-14-6-4-3-5-7-14/h3-12,24H,2H2,1H3,(H,25,27)(H,26,28). The summed E-state index contributed by atoms with van der Waals surface area (Å²) < 4.78 is 5.17. The van der Waals surface area contributed by atoms with Crippen molar-refractivity contribution in [3.63, 3.8) is 0 Å². The molecule has 0 saturated heterocycles. The summed E-state index contributed by atoms with van der Waals surface area (Å²) in [4.78, 5) is 35.4. The Balaban J connectivity index is 1.60. The molecule has 0 aliphatic heterocycles. The zero-order valence-corrected chi connectivity index (χ0v) is 17.4.